The van der Waals surface area contributed by atoms with Crippen LogP contribution >= 0.6 is 0 Å². The Labute approximate surface area is 62.6 Å². The molecule has 0 aliphatic carbocycles. The second-order valence-electron chi connectivity index (χ2n) is 1.75. The fraction of sp³-hybridized carbons (Fsp3) is 0. The summed E-state index contributed by atoms with van der Waals surface area (Å²) in [6.45, 7) is 0. The summed E-state index contributed by atoms with van der Waals surface area (Å²) >= 11 is 0. The second-order valence-corrected chi connectivity index (χ2v) is 2.20. The van der Waals surface area contributed by atoms with E-state index in [-0.39, 0.29) is 0 Å². The van der Waals surface area contributed by atoms with Crippen LogP contribution in [0.15, 0.2) is 14.4 Å². The third-order valence-electron chi connectivity index (χ3n) is 1.07. The Morgan fingerprint density at radius 2 is 1.64 bits per heavy atom. The van der Waals surface area contributed by atoms with Crippen LogP contribution in [0, 0.1) is 0 Å². The lowest BCUT2D eigenvalue weighted by atomic mass is 11.0. The van der Waals surface area contributed by atoms with Crippen LogP contribution in [0.1, 0.15) is 0 Å². The van der Waals surface area contributed by atoms with Gasteiger partial charge >= 0.3 is 17.1 Å². The van der Waals surface area contributed by atoms with E-state index in [2.05, 4.69) is 5.09 Å². The zero-order valence-corrected chi connectivity index (χ0v) is 7.67. The van der Waals surface area contributed by atoms with Crippen molar-refractivity contribution in [1.82, 2.24) is 14.6 Å². The molecular weight excluding hydrogens is 168 g/mol. The third kappa shape index (κ3) is 1.29. The molecule has 0 bridgehead atoms. The molecule has 0 aromatic carbocycles. The molecule has 0 saturated carbocycles. The molecule has 1 rings (SSSR count). The minimum absolute atomic E-state index is 0.443. The van der Waals surface area contributed by atoms with Gasteiger partial charge in [0.15, 0.2) is 0 Å². The normalized spacial score (nSPS) is 9.82. The molecule has 3 N–H and O–H groups in total. The first-order valence-corrected chi connectivity index (χ1v) is 3.78. The minimum atomic E-state index is -0.798. The van der Waals surface area contributed by atoms with E-state index in [1.165, 1.54) is 0 Å². The molecule has 60 valence electrons. The maximum Gasteiger partial charge on any atom is 0.351 e. The average molecular weight is 174 g/mol. The zero-order valence-electron chi connectivity index (χ0n) is 5.67. The van der Waals surface area contributed by atoms with Gasteiger partial charge in [-0.25, -0.2) is 14.4 Å². The summed E-state index contributed by atoms with van der Waals surface area (Å²) in [7, 11) is 0.443. The van der Waals surface area contributed by atoms with Crippen LogP contribution < -0.4 is 22.2 Å². The van der Waals surface area contributed by atoms with Crippen molar-refractivity contribution in [2.75, 3.05) is 5.09 Å². The lowest BCUT2D eigenvalue weighted by molar-refractivity contribution is 0.751. The van der Waals surface area contributed by atoms with Gasteiger partial charge in [0.25, 0.3) is 0 Å². The maximum atomic E-state index is 10.7. The summed E-state index contributed by atoms with van der Waals surface area (Å²) in [6.07, 6.45) is 0. The molecule has 0 radical (unpaired) electrons. The quantitative estimate of drug-likeness (QED) is 0.378. The molecule has 0 aliphatic heterocycles. The highest BCUT2D eigenvalue weighted by Crippen LogP contribution is 1.46. The van der Waals surface area contributed by atoms with Gasteiger partial charge in [-0.05, 0) is 0 Å². The van der Waals surface area contributed by atoms with Gasteiger partial charge in [0, 0.05) is 0 Å². The second kappa shape index (κ2) is 2.58. The average Bonchev–Trinajstić information content (AvgIpc) is 1.85. The van der Waals surface area contributed by atoms with Crippen molar-refractivity contribution in [2.24, 2.45) is 0 Å². The highest BCUT2D eigenvalue weighted by Gasteiger charge is 1.97. The number of nitrogens with one attached hydrogen (secondary N) is 3. The largest absolute Gasteiger partial charge is 0.355 e. The Hall–Kier alpha value is -1.57. The Morgan fingerprint density at radius 3 is 2.00 bits per heavy atom. The number of rotatable bonds is 1. The SMILES string of the molecule is O=c1[nH]c(=O)n(N[SiH3])c(=O)[nH]1. The highest BCUT2D eigenvalue weighted by molar-refractivity contribution is 6.11. The summed E-state index contributed by atoms with van der Waals surface area (Å²) in [5.41, 5.74) is -2.31. The van der Waals surface area contributed by atoms with Crippen LogP contribution in [0.4, 0.5) is 0 Å². The predicted octanol–water partition coefficient (Wildman–Crippen LogP) is -3.95. The van der Waals surface area contributed by atoms with Crippen molar-refractivity contribution in [3.05, 3.63) is 31.5 Å². The van der Waals surface area contributed by atoms with E-state index in [1.807, 2.05) is 9.97 Å². The molecule has 0 spiro atoms. The van der Waals surface area contributed by atoms with Gasteiger partial charge < -0.3 is 5.09 Å². The van der Waals surface area contributed by atoms with Crippen molar-refractivity contribution < 1.29 is 0 Å². The monoisotopic (exact) mass is 174 g/mol. The Bertz CT molecular complexity index is 379. The Kier molecular flexibility index (Phi) is 1.77. The number of hydrogen-bond acceptors (Lipinski definition) is 4. The van der Waals surface area contributed by atoms with E-state index in [4.69, 9.17) is 0 Å². The summed E-state index contributed by atoms with van der Waals surface area (Å²) in [5, 5.41) is 2.42. The van der Waals surface area contributed by atoms with Crippen LogP contribution in [-0.2, 0) is 0 Å². The molecule has 0 aliphatic rings. The molecule has 1 aromatic heterocycles. The highest BCUT2D eigenvalue weighted by atomic mass is 28.2. The maximum absolute atomic E-state index is 10.7. The van der Waals surface area contributed by atoms with Gasteiger partial charge in [-0.2, -0.15) is 4.68 Å². The lowest BCUT2D eigenvalue weighted by Gasteiger charge is -1.98. The van der Waals surface area contributed by atoms with E-state index in [9.17, 15) is 14.4 Å². The molecule has 0 unspecified atom stereocenters. The summed E-state index contributed by atoms with van der Waals surface area (Å²) < 4.78 is 0.702. The standard InChI is InChI=1S/C3H6N4O3Si/c8-1-4-2(9)7(6-11)3(10)5-1/h6H,11H3,(H2,4,5,8,9,10). The Balaban J connectivity index is 3.63. The van der Waals surface area contributed by atoms with Gasteiger partial charge in [-0.3, -0.25) is 9.97 Å². The summed E-state index contributed by atoms with van der Waals surface area (Å²) in [5.74, 6) is 0. The molecule has 1 heterocycles. The molecular formula is C3H6N4O3Si. The molecule has 0 fully saturated rings. The first-order valence-electron chi connectivity index (χ1n) is 2.78. The number of H-pyrrole nitrogens is 2. The first-order chi connectivity index (χ1) is 5.15. The predicted molar refractivity (Wildman–Crippen MR) is 41.2 cm³/mol. The van der Waals surface area contributed by atoms with Gasteiger partial charge in [0.2, 0.25) is 0 Å². The lowest BCUT2D eigenvalue weighted by Crippen LogP contribution is -2.46. The number of aromatic amines is 2. The van der Waals surface area contributed by atoms with Gasteiger partial charge in [-0.15, -0.1) is 0 Å². The third-order valence-corrected chi connectivity index (χ3v) is 1.52. The molecule has 0 saturated heterocycles. The van der Waals surface area contributed by atoms with Crippen LogP contribution in [0.2, 0.25) is 0 Å². The minimum Gasteiger partial charge on any atom is -0.355 e. The Morgan fingerprint density at radius 1 is 1.18 bits per heavy atom. The molecule has 0 atom stereocenters. The number of aromatic nitrogens is 3. The van der Waals surface area contributed by atoms with Gasteiger partial charge in [-0.1, -0.05) is 0 Å². The first kappa shape index (κ1) is 7.53. The van der Waals surface area contributed by atoms with Crippen LogP contribution in [0.3, 0.4) is 0 Å². The summed E-state index contributed by atoms with van der Waals surface area (Å²) in [6, 6.07) is 0. The van der Waals surface area contributed by atoms with Crippen LogP contribution in [0.25, 0.3) is 0 Å². The molecule has 7 nitrogen and oxygen atoms in total. The van der Waals surface area contributed by atoms with Gasteiger partial charge in [0.1, 0.15) is 10.4 Å². The topological polar surface area (TPSA) is 99.8 Å². The molecule has 8 heteroatoms. The number of hydrogen-bond donors (Lipinski definition) is 3. The molecule has 1 aromatic rings. The van der Waals surface area contributed by atoms with Crippen LogP contribution in [-0.4, -0.2) is 25.0 Å². The van der Waals surface area contributed by atoms with E-state index < -0.39 is 17.1 Å². The van der Waals surface area contributed by atoms with Crippen molar-refractivity contribution in [1.29, 1.82) is 0 Å². The molecule has 0 amide bonds. The summed E-state index contributed by atoms with van der Waals surface area (Å²) in [4.78, 5) is 35.7. The van der Waals surface area contributed by atoms with Crippen LogP contribution in [0.5, 0.6) is 0 Å². The van der Waals surface area contributed by atoms with E-state index in [0.29, 0.717) is 15.1 Å². The molecule has 11 heavy (non-hydrogen) atoms. The van der Waals surface area contributed by atoms with Crippen molar-refractivity contribution in [3.63, 3.8) is 0 Å². The van der Waals surface area contributed by atoms with E-state index >= 15 is 0 Å². The fourth-order valence-corrected chi connectivity index (χ4v) is 1.04. The van der Waals surface area contributed by atoms with Crippen molar-refractivity contribution in [2.45, 2.75) is 0 Å². The zero-order chi connectivity index (χ0) is 8.43. The van der Waals surface area contributed by atoms with Crippen molar-refractivity contribution in [3.8, 4) is 0 Å². The fourth-order valence-electron chi connectivity index (χ4n) is 0.633. The van der Waals surface area contributed by atoms with Crippen molar-refractivity contribution >= 4 is 10.4 Å². The smallest absolute Gasteiger partial charge is 0.351 e. The van der Waals surface area contributed by atoms with E-state index in [1.54, 1.807) is 0 Å². The van der Waals surface area contributed by atoms with E-state index in [0.717, 1.165) is 0 Å². The van der Waals surface area contributed by atoms with Gasteiger partial charge in [0.05, 0.1) is 0 Å². The number of nitrogens with zero attached hydrogens (tertiary/aromatic N) is 1.